The van der Waals surface area contributed by atoms with Crippen LogP contribution in [0.25, 0.3) is 5.57 Å². The van der Waals surface area contributed by atoms with Crippen LogP contribution in [0.2, 0.25) is 0 Å². The number of ether oxygens (including phenoxy) is 1. The Morgan fingerprint density at radius 3 is 2.92 bits per heavy atom. The highest BCUT2D eigenvalue weighted by Gasteiger charge is 2.04. The highest BCUT2D eigenvalue weighted by atomic mass is 16.5. The minimum absolute atomic E-state index is 0.353. The molecule has 0 aliphatic heterocycles. The Bertz CT molecular complexity index is 296. The predicted molar refractivity (Wildman–Crippen MR) is 49.0 cm³/mol. The molecule has 0 saturated carbocycles. The lowest BCUT2D eigenvalue weighted by Crippen LogP contribution is -1.96. The van der Waals surface area contributed by atoms with Crippen molar-refractivity contribution in [1.29, 1.82) is 0 Å². The van der Waals surface area contributed by atoms with Crippen molar-refractivity contribution in [2.24, 2.45) is 0 Å². The van der Waals surface area contributed by atoms with Gasteiger partial charge in [-0.3, -0.25) is 0 Å². The molecule has 0 spiro atoms. The lowest BCUT2D eigenvalue weighted by atomic mass is 10.1. The van der Waals surface area contributed by atoms with Crippen molar-refractivity contribution in [1.82, 2.24) is 0 Å². The highest BCUT2D eigenvalue weighted by Crippen LogP contribution is 2.17. The maximum Gasteiger partial charge on any atom is 0.330 e. The van der Waals surface area contributed by atoms with Crippen LogP contribution < -0.4 is 0 Å². The maximum atomic E-state index is 10.9. The fourth-order valence-electron chi connectivity index (χ4n) is 1.01. The first-order chi connectivity index (χ1) is 6.27. The van der Waals surface area contributed by atoms with Crippen LogP contribution in [0.4, 0.5) is 0 Å². The van der Waals surface area contributed by atoms with Gasteiger partial charge in [-0.05, 0) is 18.6 Å². The zero-order valence-corrected chi connectivity index (χ0v) is 7.74. The molecular formula is C10H12O3. The molecule has 0 atom stereocenters. The van der Waals surface area contributed by atoms with Gasteiger partial charge in [0, 0.05) is 11.6 Å². The lowest BCUT2D eigenvalue weighted by molar-refractivity contribution is -0.134. The molecule has 70 valence electrons. The van der Waals surface area contributed by atoms with Crippen molar-refractivity contribution < 1.29 is 13.9 Å². The first-order valence-electron chi connectivity index (χ1n) is 4.10. The van der Waals surface area contributed by atoms with Crippen LogP contribution in [-0.4, -0.2) is 13.1 Å². The van der Waals surface area contributed by atoms with E-state index in [2.05, 4.69) is 4.74 Å². The summed E-state index contributed by atoms with van der Waals surface area (Å²) in [5, 5.41) is 0. The molecule has 0 radical (unpaired) electrons. The van der Waals surface area contributed by atoms with Gasteiger partial charge in [0.1, 0.15) is 5.76 Å². The van der Waals surface area contributed by atoms with Crippen molar-refractivity contribution in [2.75, 3.05) is 7.11 Å². The topological polar surface area (TPSA) is 39.4 Å². The summed E-state index contributed by atoms with van der Waals surface area (Å²) in [5.74, 6) is 0.362. The van der Waals surface area contributed by atoms with Gasteiger partial charge in [-0.2, -0.15) is 0 Å². The van der Waals surface area contributed by atoms with Crippen LogP contribution in [0, 0.1) is 0 Å². The van der Waals surface area contributed by atoms with E-state index in [4.69, 9.17) is 4.42 Å². The van der Waals surface area contributed by atoms with Crippen molar-refractivity contribution in [3.63, 3.8) is 0 Å². The summed E-state index contributed by atoms with van der Waals surface area (Å²) in [7, 11) is 1.36. The smallest absolute Gasteiger partial charge is 0.330 e. The summed E-state index contributed by atoms with van der Waals surface area (Å²) in [4.78, 5) is 10.9. The van der Waals surface area contributed by atoms with Crippen molar-refractivity contribution >= 4 is 11.5 Å². The minimum atomic E-state index is -0.353. The number of carbonyl (C=O) groups excluding carboxylic acids is 1. The standard InChI is InChI=1S/C10H12O3/c1-3-8(7-10(11)12-2)9-5-4-6-13-9/h4-7H,3H2,1-2H3/b8-7-. The fraction of sp³-hybridized carbons (Fsp3) is 0.300. The van der Waals surface area contributed by atoms with Crippen LogP contribution in [0.1, 0.15) is 19.1 Å². The summed E-state index contributed by atoms with van der Waals surface area (Å²) in [5.41, 5.74) is 0.844. The average molecular weight is 180 g/mol. The normalized spacial score (nSPS) is 11.4. The van der Waals surface area contributed by atoms with Crippen molar-refractivity contribution in [3.8, 4) is 0 Å². The first-order valence-corrected chi connectivity index (χ1v) is 4.10. The molecule has 1 rings (SSSR count). The van der Waals surface area contributed by atoms with Gasteiger partial charge in [0.2, 0.25) is 0 Å². The van der Waals surface area contributed by atoms with E-state index in [0.717, 1.165) is 12.0 Å². The SMILES string of the molecule is CC/C(=C/C(=O)OC)c1ccco1. The summed E-state index contributed by atoms with van der Waals surface area (Å²) >= 11 is 0. The Labute approximate surface area is 77.0 Å². The van der Waals surface area contributed by atoms with Crippen molar-refractivity contribution in [2.45, 2.75) is 13.3 Å². The summed E-state index contributed by atoms with van der Waals surface area (Å²) in [6.45, 7) is 1.96. The Morgan fingerprint density at radius 2 is 2.46 bits per heavy atom. The molecule has 0 fully saturated rings. The quantitative estimate of drug-likeness (QED) is 0.529. The second-order valence-corrected chi connectivity index (χ2v) is 2.52. The van der Waals surface area contributed by atoms with E-state index in [-0.39, 0.29) is 5.97 Å². The Morgan fingerprint density at radius 1 is 1.69 bits per heavy atom. The van der Waals surface area contributed by atoms with Gasteiger partial charge < -0.3 is 9.15 Å². The number of esters is 1. The predicted octanol–water partition coefficient (Wildman–Crippen LogP) is 2.25. The number of hydrogen-bond acceptors (Lipinski definition) is 3. The molecule has 0 aromatic carbocycles. The monoisotopic (exact) mass is 180 g/mol. The molecule has 0 unspecified atom stereocenters. The van der Waals surface area contributed by atoms with Crippen molar-refractivity contribution in [3.05, 3.63) is 30.2 Å². The number of rotatable bonds is 3. The third kappa shape index (κ3) is 2.47. The van der Waals surface area contributed by atoms with Crippen LogP contribution in [0.15, 0.2) is 28.9 Å². The molecule has 0 aliphatic rings. The molecule has 1 heterocycles. The Balaban J connectivity index is 2.85. The molecule has 13 heavy (non-hydrogen) atoms. The van der Waals surface area contributed by atoms with Crippen LogP contribution in [0.5, 0.6) is 0 Å². The molecule has 3 nitrogen and oxygen atoms in total. The van der Waals surface area contributed by atoms with Gasteiger partial charge in [0.25, 0.3) is 0 Å². The molecular weight excluding hydrogens is 168 g/mol. The summed E-state index contributed by atoms with van der Waals surface area (Å²) in [6.07, 6.45) is 3.76. The molecule has 0 saturated heterocycles. The van der Waals surface area contributed by atoms with Gasteiger partial charge >= 0.3 is 5.97 Å². The number of furan rings is 1. The van der Waals surface area contributed by atoms with Crippen LogP contribution in [-0.2, 0) is 9.53 Å². The molecule has 1 aromatic rings. The third-order valence-corrected chi connectivity index (χ3v) is 1.71. The van der Waals surface area contributed by atoms with E-state index in [1.165, 1.54) is 13.2 Å². The Hall–Kier alpha value is -1.51. The van der Waals surface area contributed by atoms with Gasteiger partial charge in [-0.15, -0.1) is 0 Å². The number of carbonyl (C=O) groups is 1. The zero-order valence-electron chi connectivity index (χ0n) is 7.74. The molecule has 0 N–H and O–H groups in total. The molecule has 3 heteroatoms. The van der Waals surface area contributed by atoms with Gasteiger partial charge in [0.05, 0.1) is 13.4 Å². The molecule has 0 amide bonds. The van der Waals surface area contributed by atoms with E-state index in [0.29, 0.717) is 5.76 Å². The molecule has 0 aliphatic carbocycles. The fourth-order valence-corrected chi connectivity index (χ4v) is 1.01. The number of hydrogen-bond donors (Lipinski definition) is 0. The highest BCUT2D eigenvalue weighted by molar-refractivity contribution is 5.90. The van der Waals surface area contributed by atoms with Gasteiger partial charge in [-0.25, -0.2) is 4.79 Å². The summed E-state index contributed by atoms with van der Waals surface area (Å²) < 4.78 is 9.68. The van der Waals surface area contributed by atoms with E-state index in [9.17, 15) is 4.79 Å². The first kappa shape index (κ1) is 9.58. The Kier molecular flexibility index (Phi) is 3.31. The van der Waals surface area contributed by atoms with E-state index in [1.54, 1.807) is 12.3 Å². The average Bonchev–Trinajstić information content (AvgIpc) is 2.66. The third-order valence-electron chi connectivity index (χ3n) is 1.71. The maximum absolute atomic E-state index is 10.9. The number of methoxy groups -OCH3 is 1. The second-order valence-electron chi connectivity index (χ2n) is 2.52. The zero-order chi connectivity index (χ0) is 9.68. The van der Waals surface area contributed by atoms with Crippen LogP contribution in [0.3, 0.4) is 0 Å². The minimum Gasteiger partial charge on any atom is -0.466 e. The van der Waals surface area contributed by atoms with Crippen LogP contribution >= 0.6 is 0 Å². The summed E-state index contributed by atoms with van der Waals surface area (Å²) in [6, 6.07) is 3.61. The van der Waals surface area contributed by atoms with Gasteiger partial charge in [0.15, 0.2) is 0 Å². The number of allylic oxidation sites excluding steroid dienone is 1. The lowest BCUT2D eigenvalue weighted by Gasteiger charge is -1.98. The molecule has 0 bridgehead atoms. The van der Waals surface area contributed by atoms with E-state index >= 15 is 0 Å². The molecule has 1 aromatic heterocycles. The van der Waals surface area contributed by atoms with E-state index < -0.39 is 0 Å². The largest absolute Gasteiger partial charge is 0.466 e. The van der Waals surface area contributed by atoms with Gasteiger partial charge in [-0.1, -0.05) is 6.92 Å². The van der Waals surface area contributed by atoms with E-state index in [1.807, 2.05) is 13.0 Å². The second kappa shape index (κ2) is 4.50.